The lowest BCUT2D eigenvalue weighted by Crippen LogP contribution is -2.35. The van der Waals surface area contributed by atoms with Crippen molar-refractivity contribution in [1.29, 1.82) is 0 Å². The average Bonchev–Trinajstić information content (AvgIpc) is 2.61. The molecule has 3 aromatic rings. The maximum Gasteiger partial charge on any atom is 0.0968 e. The minimum absolute atomic E-state index is 0.0425. The molecule has 1 aromatic carbocycles. The molecule has 0 saturated heterocycles. The fraction of sp³-hybridized carbons (Fsp3) is 0.400. The molecule has 3 rings (SSSR count). The van der Waals surface area contributed by atoms with Gasteiger partial charge in [0.05, 0.1) is 16.6 Å². The zero-order valence-corrected chi connectivity index (χ0v) is 14.1. The van der Waals surface area contributed by atoms with Gasteiger partial charge < -0.3 is 5.11 Å². The summed E-state index contributed by atoms with van der Waals surface area (Å²) in [4.78, 5) is 9.43. The van der Waals surface area contributed by atoms with E-state index in [0.717, 1.165) is 46.8 Å². The highest BCUT2D eigenvalue weighted by Gasteiger charge is 2.34. The van der Waals surface area contributed by atoms with Crippen molar-refractivity contribution in [2.45, 2.75) is 51.6 Å². The number of hydrogen-bond acceptors (Lipinski definition) is 3. The number of rotatable bonds is 5. The van der Waals surface area contributed by atoms with Gasteiger partial charge in [0.1, 0.15) is 0 Å². The third-order valence-electron chi connectivity index (χ3n) is 5.09. The molecule has 3 heteroatoms. The number of benzene rings is 1. The van der Waals surface area contributed by atoms with Crippen LogP contribution >= 0.6 is 0 Å². The van der Waals surface area contributed by atoms with Gasteiger partial charge in [-0.1, -0.05) is 45.0 Å². The number of hydrogen-bond donors (Lipinski definition) is 1. The molecule has 0 bridgehead atoms. The zero-order valence-electron chi connectivity index (χ0n) is 14.1. The van der Waals surface area contributed by atoms with E-state index < -0.39 is 5.60 Å². The molecule has 0 aliphatic rings. The third-order valence-corrected chi connectivity index (χ3v) is 5.09. The van der Waals surface area contributed by atoms with Gasteiger partial charge in [0.15, 0.2) is 0 Å². The molecule has 0 saturated carbocycles. The smallest absolute Gasteiger partial charge is 0.0968 e. The van der Waals surface area contributed by atoms with E-state index in [-0.39, 0.29) is 5.92 Å². The first-order valence-corrected chi connectivity index (χ1v) is 8.49. The Morgan fingerprint density at radius 2 is 1.61 bits per heavy atom. The van der Waals surface area contributed by atoms with Crippen molar-refractivity contribution in [2.24, 2.45) is 0 Å². The van der Waals surface area contributed by atoms with Crippen molar-refractivity contribution < 1.29 is 5.11 Å². The number of aliphatic hydroxyl groups is 1. The molecular weight excluding hydrogens is 284 g/mol. The van der Waals surface area contributed by atoms with E-state index in [2.05, 4.69) is 42.2 Å². The van der Waals surface area contributed by atoms with Crippen LogP contribution in [0, 0.1) is 0 Å². The Kier molecular flexibility index (Phi) is 4.31. The summed E-state index contributed by atoms with van der Waals surface area (Å²) < 4.78 is 0. The van der Waals surface area contributed by atoms with Crippen LogP contribution in [0.2, 0.25) is 0 Å². The standard InChI is InChI=1S/C20H24N2O/c1-4-16(20(23,5-2)6-3)17-12-11-15-10-9-14-8-7-13-21-18(14)19(15)22-17/h7-13,16,23H,4-6H2,1-3H3. The fourth-order valence-corrected chi connectivity index (χ4v) is 3.54. The average molecular weight is 308 g/mol. The second-order valence-electron chi connectivity index (χ2n) is 6.22. The minimum Gasteiger partial charge on any atom is -0.389 e. The van der Waals surface area contributed by atoms with E-state index in [9.17, 15) is 5.11 Å². The van der Waals surface area contributed by atoms with Crippen molar-refractivity contribution in [2.75, 3.05) is 0 Å². The van der Waals surface area contributed by atoms with E-state index in [0.29, 0.717) is 0 Å². The van der Waals surface area contributed by atoms with Crippen molar-refractivity contribution in [3.8, 4) is 0 Å². The Hall–Kier alpha value is -2.00. The van der Waals surface area contributed by atoms with Gasteiger partial charge in [-0.05, 0) is 31.4 Å². The van der Waals surface area contributed by atoms with Gasteiger partial charge in [0.25, 0.3) is 0 Å². The Morgan fingerprint density at radius 3 is 2.26 bits per heavy atom. The van der Waals surface area contributed by atoms with Gasteiger partial charge in [0, 0.05) is 28.6 Å². The molecule has 3 nitrogen and oxygen atoms in total. The van der Waals surface area contributed by atoms with E-state index in [1.54, 1.807) is 0 Å². The topological polar surface area (TPSA) is 46.0 Å². The molecule has 120 valence electrons. The van der Waals surface area contributed by atoms with Crippen LogP contribution in [0.15, 0.2) is 42.6 Å². The molecule has 0 radical (unpaired) electrons. The normalized spacial score (nSPS) is 13.6. The van der Waals surface area contributed by atoms with Crippen LogP contribution in [0.4, 0.5) is 0 Å². The summed E-state index contributed by atoms with van der Waals surface area (Å²) in [5.74, 6) is 0.0425. The third kappa shape index (κ3) is 2.70. The first-order valence-electron chi connectivity index (χ1n) is 8.49. The number of aromatic nitrogens is 2. The lowest BCUT2D eigenvalue weighted by atomic mass is 9.79. The lowest BCUT2D eigenvalue weighted by molar-refractivity contribution is 0.00157. The monoisotopic (exact) mass is 308 g/mol. The van der Waals surface area contributed by atoms with Crippen LogP contribution in [0.3, 0.4) is 0 Å². The molecule has 0 aliphatic heterocycles. The lowest BCUT2D eigenvalue weighted by Gasteiger charge is -2.34. The van der Waals surface area contributed by atoms with Crippen LogP contribution in [0.25, 0.3) is 21.8 Å². The largest absolute Gasteiger partial charge is 0.389 e. The molecule has 0 amide bonds. The molecule has 1 N–H and O–H groups in total. The Balaban J connectivity index is 2.20. The summed E-state index contributed by atoms with van der Waals surface area (Å²) in [6.07, 6.45) is 4.14. The Bertz CT molecular complexity index is 824. The van der Waals surface area contributed by atoms with Gasteiger partial charge in [-0.15, -0.1) is 0 Å². The number of pyridine rings is 2. The van der Waals surface area contributed by atoms with Crippen LogP contribution in [-0.2, 0) is 0 Å². The molecular formula is C20H24N2O. The van der Waals surface area contributed by atoms with Crippen molar-refractivity contribution in [3.63, 3.8) is 0 Å². The second kappa shape index (κ2) is 6.25. The molecule has 2 heterocycles. The minimum atomic E-state index is -0.701. The summed E-state index contributed by atoms with van der Waals surface area (Å²) in [6, 6.07) is 12.3. The Labute approximate surface area is 137 Å². The van der Waals surface area contributed by atoms with Crippen LogP contribution in [0.1, 0.15) is 51.6 Å². The van der Waals surface area contributed by atoms with Crippen LogP contribution < -0.4 is 0 Å². The van der Waals surface area contributed by atoms with E-state index >= 15 is 0 Å². The second-order valence-corrected chi connectivity index (χ2v) is 6.22. The van der Waals surface area contributed by atoms with Crippen molar-refractivity contribution in [3.05, 3.63) is 48.3 Å². The molecule has 23 heavy (non-hydrogen) atoms. The predicted octanol–water partition coefficient (Wildman–Crippen LogP) is 4.83. The van der Waals surface area contributed by atoms with Crippen molar-refractivity contribution >= 4 is 21.8 Å². The summed E-state index contributed by atoms with van der Waals surface area (Å²) in [5.41, 5.74) is 2.11. The van der Waals surface area contributed by atoms with Gasteiger partial charge in [0.2, 0.25) is 0 Å². The summed E-state index contributed by atoms with van der Waals surface area (Å²) >= 11 is 0. The van der Waals surface area contributed by atoms with E-state index in [1.165, 1.54) is 0 Å². The first kappa shape index (κ1) is 15.9. The highest BCUT2D eigenvalue weighted by Crippen LogP contribution is 2.36. The van der Waals surface area contributed by atoms with Gasteiger partial charge in [-0.3, -0.25) is 9.97 Å². The molecule has 1 unspecified atom stereocenters. The predicted molar refractivity (Wildman–Crippen MR) is 95.6 cm³/mol. The van der Waals surface area contributed by atoms with Crippen molar-refractivity contribution in [1.82, 2.24) is 9.97 Å². The van der Waals surface area contributed by atoms with Gasteiger partial charge >= 0.3 is 0 Å². The van der Waals surface area contributed by atoms with Gasteiger partial charge in [-0.25, -0.2) is 0 Å². The zero-order chi connectivity index (χ0) is 16.4. The summed E-state index contributed by atoms with van der Waals surface area (Å²) in [6.45, 7) is 6.21. The maximum atomic E-state index is 11.0. The number of nitrogens with zero attached hydrogens (tertiary/aromatic N) is 2. The first-order chi connectivity index (χ1) is 11.1. The Morgan fingerprint density at radius 1 is 0.957 bits per heavy atom. The molecule has 0 aliphatic carbocycles. The fourth-order valence-electron chi connectivity index (χ4n) is 3.54. The van der Waals surface area contributed by atoms with Gasteiger partial charge in [-0.2, -0.15) is 0 Å². The molecule has 2 aromatic heterocycles. The molecule has 1 atom stereocenters. The molecule has 0 spiro atoms. The summed E-state index contributed by atoms with van der Waals surface area (Å²) in [7, 11) is 0. The summed E-state index contributed by atoms with van der Waals surface area (Å²) in [5, 5.41) is 13.2. The highest BCUT2D eigenvalue weighted by molar-refractivity contribution is 6.02. The quantitative estimate of drug-likeness (QED) is 0.687. The van der Waals surface area contributed by atoms with Crippen LogP contribution in [0.5, 0.6) is 0 Å². The van der Waals surface area contributed by atoms with E-state index in [1.807, 2.05) is 26.1 Å². The van der Waals surface area contributed by atoms with E-state index in [4.69, 9.17) is 4.98 Å². The molecule has 0 fully saturated rings. The number of fused-ring (bicyclic) bond motifs is 3. The SMILES string of the molecule is CCC(c1ccc2ccc3cccnc3c2n1)C(O)(CC)CC. The highest BCUT2D eigenvalue weighted by atomic mass is 16.3. The van der Waals surface area contributed by atoms with Crippen LogP contribution in [-0.4, -0.2) is 20.7 Å². The maximum absolute atomic E-state index is 11.0.